The van der Waals surface area contributed by atoms with E-state index in [0.29, 0.717) is 5.75 Å². The number of para-hydroxylation sites is 2. The number of rotatable bonds is 4. The Morgan fingerprint density at radius 3 is 2.39 bits per heavy atom. The number of nitrogens with two attached hydrogens (primary N) is 1. The monoisotopic (exact) mass is 239 g/mol. The van der Waals surface area contributed by atoms with Gasteiger partial charge in [0.2, 0.25) is 5.91 Å². The van der Waals surface area contributed by atoms with Crippen LogP contribution in [0.2, 0.25) is 0 Å². The fourth-order valence-electron chi connectivity index (χ4n) is 1.50. The van der Waals surface area contributed by atoms with Crippen LogP contribution < -0.4 is 10.5 Å². The summed E-state index contributed by atoms with van der Waals surface area (Å²) in [5, 5.41) is 0. The van der Waals surface area contributed by atoms with Crippen molar-refractivity contribution in [1.29, 1.82) is 0 Å². The zero-order chi connectivity index (χ0) is 12.8. The molecule has 0 heterocycles. The summed E-state index contributed by atoms with van der Waals surface area (Å²) in [5.41, 5.74) is 5.88. The molecule has 0 aliphatic heterocycles. The highest BCUT2D eigenvalue weighted by atomic mass is 16.5. The van der Waals surface area contributed by atoms with Crippen LogP contribution in [0.1, 0.15) is 5.56 Å². The Morgan fingerprint density at radius 1 is 1.00 bits per heavy atom. The first-order chi connectivity index (χ1) is 8.75. The molecule has 0 bridgehead atoms. The molecule has 0 aromatic heterocycles. The highest BCUT2D eigenvalue weighted by molar-refractivity contribution is 5.90. The number of hydrogen-bond acceptors (Lipinski definition) is 2. The summed E-state index contributed by atoms with van der Waals surface area (Å²) in [6, 6.07) is 16.9. The average molecular weight is 239 g/mol. The molecule has 2 N–H and O–H groups in total. The third-order valence-electron chi connectivity index (χ3n) is 2.32. The summed E-state index contributed by atoms with van der Waals surface area (Å²) in [4.78, 5) is 10.7. The van der Waals surface area contributed by atoms with E-state index in [1.54, 1.807) is 6.08 Å². The van der Waals surface area contributed by atoms with Gasteiger partial charge in [-0.05, 0) is 24.3 Å². The molecule has 2 rings (SSSR count). The molecule has 0 fully saturated rings. The molecule has 90 valence electrons. The van der Waals surface area contributed by atoms with Crippen LogP contribution in [0.3, 0.4) is 0 Å². The number of carbonyl (C=O) groups is 1. The van der Waals surface area contributed by atoms with E-state index in [0.717, 1.165) is 11.3 Å². The first kappa shape index (κ1) is 11.9. The second-order valence-corrected chi connectivity index (χ2v) is 3.69. The van der Waals surface area contributed by atoms with Crippen LogP contribution in [0.25, 0.3) is 6.08 Å². The Hall–Kier alpha value is -2.55. The Kier molecular flexibility index (Phi) is 3.76. The molecular weight excluding hydrogens is 226 g/mol. The zero-order valence-electron chi connectivity index (χ0n) is 9.74. The van der Waals surface area contributed by atoms with E-state index in [2.05, 4.69) is 0 Å². The van der Waals surface area contributed by atoms with E-state index < -0.39 is 5.91 Å². The highest BCUT2D eigenvalue weighted by Crippen LogP contribution is 2.25. The summed E-state index contributed by atoms with van der Waals surface area (Å²) < 4.78 is 5.74. The van der Waals surface area contributed by atoms with Gasteiger partial charge in [0.1, 0.15) is 11.5 Å². The Bertz CT molecular complexity index is 562. The first-order valence-corrected chi connectivity index (χ1v) is 5.55. The number of hydrogen-bond donors (Lipinski definition) is 1. The van der Waals surface area contributed by atoms with E-state index in [9.17, 15) is 4.79 Å². The Morgan fingerprint density at radius 2 is 1.67 bits per heavy atom. The van der Waals surface area contributed by atoms with Crippen molar-refractivity contribution < 1.29 is 9.53 Å². The van der Waals surface area contributed by atoms with Crippen LogP contribution in [0.15, 0.2) is 60.7 Å². The molecule has 0 saturated heterocycles. The maximum atomic E-state index is 10.7. The Labute approximate surface area is 106 Å². The molecule has 3 nitrogen and oxygen atoms in total. The minimum atomic E-state index is -0.482. The molecule has 3 heteroatoms. The molecule has 2 aromatic carbocycles. The van der Waals surface area contributed by atoms with E-state index in [-0.39, 0.29) is 0 Å². The maximum Gasteiger partial charge on any atom is 0.241 e. The molecule has 0 aliphatic rings. The SMILES string of the molecule is NC(=O)C=Cc1ccccc1Oc1ccccc1. The van der Waals surface area contributed by atoms with Gasteiger partial charge in [0.05, 0.1) is 0 Å². The second-order valence-electron chi connectivity index (χ2n) is 3.69. The number of ether oxygens (including phenoxy) is 1. The Balaban J connectivity index is 2.25. The van der Waals surface area contributed by atoms with Crippen molar-refractivity contribution in [3.8, 4) is 11.5 Å². The molecule has 0 radical (unpaired) electrons. The van der Waals surface area contributed by atoms with Crippen LogP contribution in [-0.2, 0) is 4.79 Å². The smallest absolute Gasteiger partial charge is 0.241 e. The summed E-state index contributed by atoms with van der Waals surface area (Å²) in [7, 11) is 0. The topological polar surface area (TPSA) is 52.3 Å². The minimum absolute atomic E-state index is 0.482. The van der Waals surface area contributed by atoms with Crippen molar-refractivity contribution in [2.24, 2.45) is 5.73 Å². The lowest BCUT2D eigenvalue weighted by Crippen LogP contribution is -2.05. The largest absolute Gasteiger partial charge is 0.457 e. The standard InChI is InChI=1S/C15H13NO2/c16-15(17)11-10-12-6-4-5-9-14(12)18-13-7-2-1-3-8-13/h1-11H,(H2,16,17). The number of benzene rings is 2. The normalized spacial score (nSPS) is 10.4. The number of carbonyl (C=O) groups excluding carboxylic acids is 1. The van der Waals surface area contributed by atoms with E-state index in [1.807, 2.05) is 54.6 Å². The fourth-order valence-corrected chi connectivity index (χ4v) is 1.50. The van der Waals surface area contributed by atoms with Crippen molar-refractivity contribution in [3.05, 3.63) is 66.2 Å². The van der Waals surface area contributed by atoms with Gasteiger partial charge in [-0.1, -0.05) is 36.4 Å². The summed E-state index contributed by atoms with van der Waals surface area (Å²) in [6.45, 7) is 0. The van der Waals surface area contributed by atoms with Crippen molar-refractivity contribution >= 4 is 12.0 Å². The average Bonchev–Trinajstić information content (AvgIpc) is 2.39. The van der Waals surface area contributed by atoms with Crippen LogP contribution in [0.4, 0.5) is 0 Å². The lowest BCUT2D eigenvalue weighted by molar-refractivity contribution is -0.113. The van der Waals surface area contributed by atoms with Gasteiger partial charge in [-0.25, -0.2) is 0 Å². The second kappa shape index (κ2) is 5.68. The van der Waals surface area contributed by atoms with Crippen LogP contribution >= 0.6 is 0 Å². The van der Waals surface area contributed by atoms with Crippen molar-refractivity contribution in [1.82, 2.24) is 0 Å². The summed E-state index contributed by atoms with van der Waals surface area (Å²) in [5.74, 6) is 0.947. The predicted octanol–water partition coefficient (Wildman–Crippen LogP) is 2.98. The summed E-state index contributed by atoms with van der Waals surface area (Å²) >= 11 is 0. The van der Waals surface area contributed by atoms with Crippen molar-refractivity contribution in [2.75, 3.05) is 0 Å². The van der Waals surface area contributed by atoms with Crippen LogP contribution in [0, 0.1) is 0 Å². The third kappa shape index (κ3) is 3.22. The van der Waals surface area contributed by atoms with Gasteiger partial charge in [-0.3, -0.25) is 4.79 Å². The zero-order valence-corrected chi connectivity index (χ0v) is 9.74. The lowest BCUT2D eigenvalue weighted by atomic mass is 10.2. The van der Waals surface area contributed by atoms with Gasteiger partial charge in [-0.15, -0.1) is 0 Å². The summed E-state index contributed by atoms with van der Waals surface area (Å²) in [6.07, 6.45) is 2.95. The van der Waals surface area contributed by atoms with Crippen molar-refractivity contribution in [2.45, 2.75) is 0 Å². The number of primary amides is 1. The van der Waals surface area contributed by atoms with Gasteiger partial charge in [0, 0.05) is 11.6 Å². The molecule has 0 saturated carbocycles. The van der Waals surface area contributed by atoms with Gasteiger partial charge in [-0.2, -0.15) is 0 Å². The molecular formula is C15H13NO2. The minimum Gasteiger partial charge on any atom is -0.457 e. The molecule has 0 atom stereocenters. The van der Waals surface area contributed by atoms with Crippen LogP contribution in [0.5, 0.6) is 11.5 Å². The van der Waals surface area contributed by atoms with Gasteiger partial charge in [0.15, 0.2) is 0 Å². The molecule has 18 heavy (non-hydrogen) atoms. The van der Waals surface area contributed by atoms with E-state index >= 15 is 0 Å². The highest BCUT2D eigenvalue weighted by Gasteiger charge is 2.01. The molecule has 0 spiro atoms. The van der Waals surface area contributed by atoms with Crippen molar-refractivity contribution in [3.63, 3.8) is 0 Å². The molecule has 1 amide bonds. The molecule has 0 aliphatic carbocycles. The molecule has 2 aromatic rings. The number of amides is 1. The van der Waals surface area contributed by atoms with E-state index in [4.69, 9.17) is 10.5 Å². The quantitative estimate of drug-likeness (QED) is 0.834. The van der Waals surface area contributed by atoms with Gasteiger partial charge >= 0.3 is 0 Å². The third-order valence-corrected chi connectivity index (χ3v) is 2.32. The lowest BCUT2D eigenvalue weighted by Gasteiger charge is -2.08. The first-order valence-electron chi connectivity index (χ1n) is 5.55. The van der Waals surface area contributed by atoms with Crippen LogP contribution in [-0.4, -0.2) is 5.91 Å². The maximum absolute atomic E-state index is 10.7. The predicted molar refractivity (Wildman–Crippen MR) is 71.2 cm³/mol. The van der Waals surface area contributed by atoms with E-state index in [1.165, 1.54) is 6.08 Å². The van der Waals surface area contributed by atoms with Gasteiger partial charge in [0.25, 0.3) is 0 Å². The molecule has 0 unspecified atom stereocenters. The van der Waals surface area contributed by atoms with Gasteiger partial charge < -0.3 is 10.5 Å². The fraction of sp³-hybridized carbons (Fsp3) is 0.